The number of rotatable bonds is 6. The first-order valence-electron chi connectivity index (χ1n) is 6.95. The molecule has 2 rings (SSSR count). The molecule has 0 aliphatic rings. The molecule has 0 fully saturated rings. The molecule has 2 aromatic carbocycles. The van der Waals surface area contributed by atoms with Crippen molar-refractivity contribution in [2.45, 2.75) is 13.3 Å². The van der Waals surface area contributed by atoms with Crippen LogP contribution in [0.5, 0.6) is 5.75 Å². The van der Waals surface area contributed by atoms with E-state index >= 15 is 0 Å². The molecule has 0 aliphatic heterocycles. The molecule has 0 saturated carbocycles. The molecule has 116 valence electrons. The van der Waals surface area contributed by atoms with E-state index < -0.39 is 0 Å². The fourth-order valence-electron chi connectivity index (χ4n) is 1.99. The van der Waals surface area contributed by atoms with E-state index in [1.54, 1.807) is 18.2 Å². The highest BCUT2D eigenvalue weighted by atomic mass is 35.5. The third kappa shape index (κ3) is 4.93. The molecule has 0 spiro atoms. The van der Waals surface area contributed by atoms with Gasteiger partial charge in [-0.15, -0.1) is 0 Å². The molecule has 0 saturated heterocycles. The van der Waals surface area contributed by atoms with Crippen molar-refractivity contribution in [3.05, 3.63) is 63.6 Å². The van der Waals surface area contributed by atoms with Crippen molar-refractivity contribution in [1.82, 2.24) is 5.32 Å². The Hall–Kier alpha value is -1.71. The summed E-state index contributed by atoms with van der Waals surface area (Å²) in [6.07, 6.45) is 0.156. The predicted molar refractivity (Wildman–Crippen MR) is 89.8 cm³/mol. The van der Waals surface area contributed by atoms with Crippen LogP contribution in [0.1, 0.15) is 11.1 Å². The Morgan fingerprint density at radius 1 is 1.14 bits per heavy atom. The lowest BCUT2D eigenvalue weighted by Crippen LogP contribution is -2.29. The van der Waals surface area contributed by atoms with Gasteiger partial charge in [0.05, 0.1) is 13.0 Å². The van der Waals surface area contributed by atoms with Crippen LogP contribution in [0.4, 0.5) is 0 Å². The molecule has 0 aliphatic carbocycles. The number of hydrogen-bond acceptors (Lipinski definition) is 2. The maximum absolute atomic E-state index is 11.9. The number of nitrogens with one attached hydrogen (secondary N) is 1. The molecule has 0 aromatic heterocycles. The fraction of sp³-hybridized carbons (Fsp3) is 0.235. The molecule has 0 bridgehead atoms. The third-order valence-corrected chi connectivity index (χ3v) is 3.79. The maximum Gasteiger partial charge on any atom is 0.224 e. The Morgan fingerprint density at radius 2 is 1.82 bits per heavy atom. The van der Waals surface area contributed by atoms with Gasteiger partial charge in [0.25, 0.3) is 0 Å². The largest absolute Gasteiger partial charge is 0.492 e. The van der Waals surface area contributed by atoms with Crippen LogP contribution in [0.25, 0.3) is 0 Å². The van der Waals surface area contributed by atoms with E-state index in [2.05, 4.69) is 5.32 Å². The number of hydrogen-bond donors (Lipinski definition) is 1. The number of benzene rings is 2. The van der Waals surface area contributed by atoms with Gasteiger partial charge in [-0.2, -0.15) is 0 Å². The van der Waals surface area contributed by atoms with Gasteiger partial charge in [0, 0.05) is 10.0 Å². The number of carbonyl (C=O) groups is 1. The van der Waals surface area contributed by atoms with Crippen LogP contribution in [-0.2, 0) is 11.2 Å². The second-order valence-electron chi connectivity index (χ2n) is 4.89. The van der Waals surface area contributed by atoms with E-state index in [1.165, 1.54) is 0 Å². The van der Waals surface area contributed by atoms with E-state index in [0.29, 0.717) is 28.8 Å². The van der Waals surface area contributed by atoms with Crippen LogP contribution >= 0.6 is 23.2 Å². The van der Waals surface area contributed by atoms with Gasteiger partial charge in [-0.1, -0.05) is 41.4 Å². The van der Waals surface area contributed by atoms with Gasteiger partial charge in [0.15, 0.2) is 0 Å². The Balaban J connectivity index is 1.76. The zero-order valence-corrected chi connectivity index (χ0v) is 13.7. The lowest BCUT2D eigenvalue weighted by Gasteiger charge is -2.09. The molecule has 5 heteroatoms. The van der Waals surface area contributed by atoms with Crippen molar-refractivity contribution < 1.29 is 9.53 Å². The minimum absolute atomic E-state index is 0.136. The molecule has 0 unspecified atom stereocenters. The monoisotopic (exact) mass is 337 g/mol. The Morgan fingerprint density at radius 3 is 2.50 bits per heavy atom. The second kappa shape index (κ2) is 8.06. The van der Waals surface area contributed by atoms with E-state index in [9.17, 15) is 4.79 Å². The van der Waals surface area contributed by atoms with Crippen LogP contribution in [-0.4, -0.2) is 19.1 Å². The summed E-state index contributed by atoms with van der Waals surface area (Å²) < 4.78 is 5.57. The molecule has 1 N–H and O–H groups in total. The van der Waals surface area contributed by atoms with Crippen LogP contribution in [0, 0.1) is 6.92 Å². The minimum Gasteiger partial charge on any atom is -0.492 e. The van der Waals surface area contributed by atoms with Crippen molar-refractivity contribution in [1.29, 1.82) is 0 Å². The Labute approximate surface area is 140 Å². The van der Waals surface area contributed by atoms with E-state index in [1.807, 2.05) is 31.2 Å². The van der Waals surface area contributed by atoms with Crippen LogP contribution in [0.15, 0.2) is 42.5 Å². The summed E-state index contributed by atoms with van der Waals surface area (Å²) in [4.78, 5) is 11.9. The number of ether oxygens (including phenoxy) is 1. The number of aryl methyl sites for hydroxylation is 1. The first-order valence-corrected chi connectivity index (χ1v) is 7.71. The number of carbonyl (C=O) groups excluding carboxylic acids is 1. The molecule has 0 atom stereocenters. The molecule has 0 heterocycles. The quantitative estimate of drug-likeness (QED) is 0.808. The fourth-order valence-corrected chi connectivity index (χ4v) is 2.52. The molecule has 0 radical (unpaired) electrons. The van der Waals surface area contributed by atoms with Gasteiger partial charge in [-0.05, 0) is 42.3 Å². The normalized spacial score (nSPS) is 10.3. The molecular formula is C17H17Cl2NO2. The molecule has 3 nitrogen and oxygen atoms in total. The lowest BCUT2D eigenvalue weighted by atomic mass is 10.1. The summed E-state index contributed by atoms with van der Waals surface area (Å²) in [6, 6.07) is 13.0. The van der Waals surface area contributed by atoms with E-state index in [-0.39, 0.29) is 12.3 Å². The first kappa shape index (κ1) is 16.7. The van der Waals surface area contributed by atoms with E-state index in [0.717, 1.165) is 11.3 Å². The summed E-state index contributed by atoms with van der Waals surface area (Å²) in [6.45, 7) is 2.84. The highest BCUT2D eigenvalue weighted by Gasteiger charge is 2.10. The standard InChI is InChI=1S/C17H17Cl2NO2/c1-12-4-2-5-13(10-12)22-9-8-20-17(21)11-14-15(18)6-3-7-16(14)19/h2-7,10H,8-9,11H2,1H3,(H,20,21). The highest BCUT2D eigenvalue weighted by molar-refractivity contribution is 6.36. The summed E-state index contributed by atoms with van der Waals surface area (Å²) in [5.74, 6) is 0.659. The van der Waals surface area contributed by atoms with Gasteiger partial charge in [0.2, 0.25) is 5.91 Å². The van der Waals surface area contributed by atoms with Crippen molar-refractivity contribution in [2.24, 2.45) is 0 Å². The highest BCUT2D eigenvalue weighted by Crippen LogP contribution is 2.24. The predicted octanol–water partition coefficient (Wildman–Crippen LogP) is 4.04. The average Bonchev–Trinajstić information content (AvgIpc) is 2.48. The van der Waals surface area contributed by atoms with Gasteiger partial charge in [-0.25, -0.2) is 0 Å². The summed E-state index contributed by atoms with van der Waals surface area (Å²) >= 11 is 12.1. The van der Waals surface area contributed by atoms with Gasteiger partial charge in [-0.3, -0.25) is 4.79 Å². The van der Waals surface area contributed by atoms with Crippen molar-refractivity contribution in [3.8, 4) is 5.75 Å². The Bertz CT molecular complexity index is 639. The molecular weight excluding hydrogens is 321 g/mol. The Kier molecular flexibility index (Phi) is 6.10. The van der Waals surface area contributed by atoms with Crippen molar-refractivity contribution in [2.75, 3.05) is 13.2 Å². The molecule has 22 heavy (non-hydrogen) atoms. The summed E-state index contributed by atoms with van der Waals surface area (Å²) in [5.41, 5.74) is 1.78. The number of amides is 1. The third-order valence-electron chi connectivity index (χ3n) is 3.08. The number of halogens is 2. The lowest BCUT2D eigenvalue weighted by molar-refractivity contribution is -0.120. The van der Waals surface area contributed by atoms with Crippen LogP contribution < -0.4 is 10.1 Å². The first-order chi connectivity index (χ1) is 10.6. The van der Waals surface area contributed by atoms with E-state index in [4.69, 9.17) is 27.9 Å². The molecule has 2 aromatic rings. The second-order valence-corrected chi connectivity index (χ2v) is 5.71. The van der Waals surface area contributed by atoms with Gasteiger partial charge < -0.3 is 10.1 Å². The zero-order valence-electron chi connectivity index (χ0n) is 12.2. The average molecular weight is 338 g/mol. The summed E-state index contributed by atoms with van der Waals surface area (Å²) in [7, 11) is 0. The minimum atomic E-state index is -0.136. The SMILES string of the molecule is Cc1cccc(OCCNC(=O)Cc2c(Cl)cccc2Cl)c1. The van der Waals surface area contributed by atoms with Crippen LogP contribution in [0.2, 0.25) is 10.0 Å². The molecule has 1 amide bonds. The van der Waals surface area contributed by atoms with Crippen LogP contribution in [0.3, 0.4) is 0 Å². The van der Waals surface area contributed by atoms with Gasteiger partial charge >= 0.3 is 0 Å². The summed E-state index contributed by atoms with van der Waals surface area (Å²) in [5, 5.41) is 3.79. The van der Waals surface area contributed by atoms with Gasteiger partial charge in [0.1, 0.15) is 12.4 Å². The topological polar surface area (TPSA) is 38.3 Å². The van der Waals surface area contributed by atoms with Crippen molar-refractivity contribution >= 4 is 29.1 Å². The zero-order chi connectivity index (χ0) is 15.9. The maximum atomic E-state index is 11.9. The smallest absolute Gasteiger partial charge is 0.224 e. The van der Waals surface area contributed by atoms with Crippen molar-refractivity contribution in [3.63, 3.8) is 0 Å².